The van der Waals surface area contributed by atoms with Crippen LogP contribution in [0.1, 0.15) is 6.42 Å². The molecule has 2 aliphatic heterocycles. The third kappa shape index (κ3) is 3.78. The van der Waals surface area contributed by atoms with Crippen LogP contribution in [0.3, 0.4) is 0 Å². The summed E-state index contributed by atoms with van der Waals surface area (Å²) in [5.74, 6) is 0.927. The molecule has 1 aromatic heterocycles. The summed E-state index contributed by atoms with van der Waals surface area (Å²) in [5.41, 5.74) is 0. The Morgan fingerprint density at radius 2 is 2.09 bits per heavy atom. The van der Waals surface area contributed by atoms with Gasteiger partial charge in [-0.2, -0.15) is 0 Å². The van der Waals surface area contributed by atoms with Gasteiger partial charge in [-0.25, -0.2) is 0 Å². The molecule has 1 aromatic rings. The summed E-state index contributed by atoms with van der Waals surface area (Å²) >= 11 is 1.63. The maximum atomic E-state index is 12.0. The Labute approximate surface area is 134 Å². The predicted octanol–water partition coefficient (Wildman–Crippen LogP) is -1.08. The van der Waals surface area contributed by atoms with Crippen molar-refractivity contribution >= 4 is 17.7 Å². The molecule has 3 rings (SSSR count). The lowest BCUT2D eigenvalue weighted by atomic mass is 10.2. The number of likely N-dealkylation sites (N-methyl/N-ethyl adjacent to an activating group) is 1. The van der Waals surface area contributed by atoms with Gasteiger partial charge in [0.05, 0.1) is 0 Å². The SMILES string of the molecule is CN1CCN(C2NC(=O)CC(CSc3nncn3C)N2)CC1. The van der Waals surface area contributed by atoms with Gasteiger partial charge in [0.1, 0.15) is 12.6 Å². The van der Waals surface area contributed by atoms with Gasteiger partial charge < -0.3 is 14.8 Å². The van der Waals surface area contributed by atoms with E-state index in [2.05, 4.69) is 37.7 Å². The van der Waals surface area contributed by atoms with Gasteiger partial charge in [-0.1, -0.05) is 11.8 Å². The van der Waals surface area contributed by atoms with Crippen molar-refractivity contribution in [3.63, 3.8) is 0 Å². The number of hydrogen-bond acceptors (Lipinski definition) is 7. The topological polar surface area (TPSA) is 78.3 Å². The maximum absolute atomic E-state index is 12.0. The van der Waals surface area contributed by atoms with E-state index in [-0.39, 0.29) is 18.2 Å². The van der Waals surface area contributed by atoms with E-state index in [4.69, 9.17) is 0 Å². The average molecular weight is 325 g/mol. The van der Waals surface area contributed by atoms with E-state index in [0.717, 1.165) is 37.1 Å². The van der Waals surface area contributed by atoms with Crippen molar-refractivity contribution in [2.45, 2.75) is 23.9 Å². The molecule has 0 spiro atoms. The smallest absolute Gasteiger partial charge is 0.223 e. The van der Waals surface area contributed by atoms with E-state index in [0.29, 0.717) is 6.42 Å². The van der Waals surface area contributed by atoms with Crippen LogP contribution >= 0.6 is 11.8 Å². The molecule has 2 aliphatic rings. The van der Waals surface area contributed by atoms with E-state index in [1.807, 2.05) is 11.6 Å². The third-order valence-corrected chi connectivity index (χ3v) is 5.31. The number of piperazine rings is 1. The van der Waals surface area contributed by atoms with Crippen LogP contribution in [-0.2, 0) is 11.8 Å². The minimum Gasteiger partial charge on any atom is -0.328 e. The summed E-state index contributed by atoms with van der Waals surface area (Å²) in [7, 11) is 4.06. The summed E-state index contributed by atoms with van der Waals surface area (Å²) in [6.45, 7) is 4.01. The van der Waals surface area contributed by atoms with Crippen LogP contribution in [0.2, 0.25) is 0 Å². The van der Waals surface area contributed by atoms with Gasteiger partial charge in [-0.15, -0.1) is 10.2 Å². The molecule has 0 aromatic carbocycles. The second-order valence-electron chi connectivity index (χ2n) is 5.91. The summed E-state index contributed by atoms with van der Waals surface area (Å²) < 4.78 is 1.89. The normalized spacial score (nSPS) is 27.8. The number of carbonyl (C=O) groups excluding carboxylic acids is 1. The fourth-order valence-corrected chi connectivity index (χ4v) is 3.64. The Morgan fingerprint density at radius 3 is 2.77 bits per heavy atom. The molecule has 0 aliphatic carbocycles. The molecular weight excluding hydrogens is 302 g/mol. The largest absolute Gasteiger partial charge is 0.328 e. The fraction of sp³-hybridized carbons (Fsp3) is 0.769. The van der Waals surface area contributed by atoms with Crippen molar-refractivity contribution in [3.8, 4) is 0 Å². The third-order valence-electron chi connectivity index (χ3n) is 4.11. The van der Waals surface area contributed by atoms with E-state index in [1.54, 1.807) is 18.1 Å². The van der Waals surface area contributed by atoms with Gasteiger partial charge in [-0.05, 0) is 7.05 Å². The zero-order valence-corrected chi connectivity index (χ0v) is 13.8. The first-order valence-electron chi connectivity index (χ1n) is 7.56. The van der Waals surface area contributed by atoms with Gasteiger partial charge in [-0.3, -0.25) is 15.0 Å². The van der Waals surface area contributed by atoms with Crippen molar-refractivity contribution in [3.05, 3.63) is 6.33 Å². The minimum absolute atomic E-state index is 0.0555. The quantitative estimate of drug-likeness (QED) is 0.682. The molecule has 3 heterocycles. The Hall–Kier alpha value is -1.16. The molecule has 8 nitrogen and oxygen atoms in total. The van der Waals surface area contributed by atoms with Crippen molar-refractivity contribution in [1.82, 2.24) is 35.2 Å². The second kappa shape index (κ2) is 6.95. The molecule has 2 N–H and O–H groups in total. The van der Waals surface area contributed by atoms with E-state index < -0.39 is 0 Å². The predicted molar refractivity (Wildman–Crippen MR) is 84.3 cm³/mol. The van der Waals surface area contributed by atoms with Gasteiger partial charge in [0.25, 0.3) is 0 Å². The molecule has 22 heavy (non-hydrogen) atoms. The van der Waals surface area contributed by atoms with Crippen LogP contribution < -0.4 is 10.6 Å². The zero-order valence-electron chi connectivity index (χ0n) is 13.0. The van der Waals surface area contributed by atoms with E-state index in [9.17, 15) is 4.79 Å². The Morgan fingerprint density at radius 1 is 1.32 bits per heavy atom. The highest BCUT2D eigenvalue weighted by Gasteiger charge is 2.31. The van der Waals surface area contributed by atoms with Gasteiger partial charge in [0.15, 0.2) is 5.16 Å². The first-order chi connectivity index (χ1) is 10.6. The number of nitrogens with zero attached hydrogens (tertiary/aromatic N) is 5. The van der Waals surface area contributed by atoms with Crippen LogP contribution in [0.25, 0.3) is 0 Å². The van der Waals surface area contributed by atoms with Crippen molar-refractivity contribution in [1.29, 1.82) is 0 Å². The number of aromatic nitrogens is 3. The average Bonchev–Trinajstić information content (AvgIpc) is 2.91. The minimum atomic E-state index is -0.0555. The number of carbonyl (C=O) groups is 1. The first-order valence-corrected chi connectivity index (χ1v) is 8.55. The summed E-state index contributed by atoms with van der Waals surface area (Å²) in [5, 5.41) is 15.4. The number of rotatable bonds is 4. The lowest BCUT2D eigenvalue weighted by Crippen LogP contribution is -2.66. The summed E-state index contributed by atoms with van der Waals surface area (Å²) in [6, 6.07) is 0.153. The van der Waals surface area contributed by atoms with Crippen LogP contribution in [0, 0.1) is 0 Å². The van der Waals surface area contributed by atoms with Crippen LogP contribution in [0.4, 0.5) is 0 Å². The monoisotopic (exact) mass is 325 g/mol. The van der Waals surface area contributed by atoms with E-state index in [1.165, 1.54) is 0 Å². The van der Waals surface area contributed by atoms with Crippen LogP contribution in [0.15, 0.2) is 11.5 Å². The Bertz CT molecular complexity index is 514. The molecule has 2 saturated heterocycles. The number of thioether (sulfide) groups is 1. The number of aryl methyl sites for hydroxylation is 1. The molecule has 122 valence electrons. The standard InChI is InChI=1S/C13H23N7OS/c1-18-3-5-20(6-4-18)12-15-10(7-11(21)16-12)8-22-13-17-14-9-19(13)2/h9-10,12,15H,3-8H2,1-2H3,(H,16,21). The number of amides is 1. The lowest BCUT2D eigenvalue weighted by Gasteiger charge is -2.42. The molecule has 0 bridgehead atoms. The molecule has 1 amide bonds. The number of hydrogen-bond donors (Lipinski definition) is 2. The van der Waals surface area contributed by atoms with Crippen molar-refractivity contribution in [2.24, 2.45) is 7.05 Å². The molecular formula is C13H23N7OS. The Balaban J connectivity index is 1.54. The van der Waals surface area contributed by atoms with Crippen LogP contribution in [-0.4, -0.2) is 81.8 Å². The van der Waals surface area contributed by atoms with Gasteiger partial charge in [0.2, 0.25) is 5.91 Å². The second-order valence-corrected chi connectivity index (χ2v) is 6.90. The highest BCUT2D eigenvalue weighted by Crippen LogP contribution is 2.18. The molecule has 9 heteroatoms. The molecule has 0 saturated carbocycles. The summed E-state index contributed by atoms with van der Waals surface area (Å²) in [4.78, 5) is 16.6. The summed E-state index contributed by atoms with van der Waals surface area (Å²) in [6.07, 6.45) is 2.14. The van der Waals surface area contributed by atoms with E-state index >= 15 is 0 Å². The molecule has 0 radical (unpaired) electrons. The number of nitrogens with one attached hydrogen (secondary N) is 2. The zero-order chi connectivity index (χ0) is 15.5. The maximum Gasteiger partial charge on any atom is 0.223 e. The highest BCUT2D eigenvalue weighted by molar-refractivity contribution is 7.99. The molecule has 2 unspecified atom stereocenters. The lowest BCUT2D eigenvalue weighted by molar-refractivity contribution is -0.127. The van der Waals surface area contributed by atoms with Crippen molar-refractivity contribution < 1.29 is 4.79 Å². The van der Waals surface area contributed by atoms with Gasteiger partial charge >= 0.3 is 0 Å². The fourth-order valence-electron chi connectivity index (χ4n) is 2.72. The van der Waals surface area contributed by atoms with Crippen LogP contribution in [0.5, 0.6) is 0 Å². The van der Waals surface area contributed by atoms with Crippen molar-refractivity contribution in [2.75, 3.05) is 39.0 Å². The molecule has 2 atom stereocenters. The highest BCUT2D eigenvalue weighted by atomic mass is 32.2. The van der Waals surface area contributed by atoms with Gasteiger partial charge in [0, 0.05) is 51.4 Å². The Kier molecular flexibility index (Phi) is 4.97. The molecule has 2 fully saturated rings. The first kappa shape index (κ1) is 15.7.